The van der Waals surface area contributed by atoms with E-state index in [2.05, 4.69) is 273 Å². The number of fused-ring (bicyclic) bond motifs is 7. The van der Waals surface area contributed by atoms with Crippen molar-refractivity contribution in [3.63, 3.8) is 0 Å². The van der Waals surface area contributed by atoms with Crippen LogP contribution in [0.5, 0.6) is 0 Å². The number of anilines is 3. The van der Waals surface area contributed by atoms with Gasteiger partial charge in [0.1, 0.15) is 0 Å². The average molecular weight is 880 g/mol. The van der Waals surface area contributed by atoms with Crippen LogP contribution < -0.4 is 4.90 Å². The summed E-state index contributed by atoms with van der Waals surface area (Å²) in [5.74, 6) is 0.518. The van der Waals surface area contributed by atoms with Gasteiger partial charge in [-0.05, 0) is 137 Å². The molecule has 0 N–H and O–H groups in total. The van der Waals surface area contributed by atoms with Crippen molar-refractivity contribution in [2.45, 2.75) is 24.7 Å². The lowest BCUT2D eigenvalue weighted by molar-refractivity contribution is 0.768. The summed E-state index contributed by atoms with van der Waals surface area (Å²) < 4.78 is 0. The average Bonchev–Trinajstić information content (AvgIpc) is 3.72. The molecule has 1 unspecified atom stereocenters. The second-order valence-electron chi connectivity index (χ2n) is 18.7. The fraction of sp³-hybridized carbons (Fsp3) is 0.0588. The van der Waals surface area contributed by atoms with Gasteiger partial charge in [-0.2, -0.15) is 0 Å². The molecule has 1 nitrogen and oxygen atoms in total. The Hall–Kier alpha value is -8.52. The zero-order valence-corrected chi connectivity index (χ0v) is 38.6. The molecule has 0 fully saturated rings. The summed E-state index contributed by atoms with van der Waals surface area (Å²) in [7, 11) is 0. The van der Waals surface area contributed by atoms with Crippen molar-refractivity contribution in [2.75, 3.05) is 4.90 Å². The Morgan fingerprint density at radius 3 is 1.74 bits per heavy atom. The minimum absolute atomic E-state index is 0.518. The molecule has 0 aromatic heterocycles. The molecule has 0 saturated heterocycles. The highest BCUT2D eigenvalue weighted by atomic mass is 15.1. The van der Waals surface area contributed by atoms with E-state index in [4.69, 9.17) is 0 Å². The predicted molar refractivity (Wildman–Crippen MR) is 292 cm³/mol. The van der Waals surface area contributed by atoms with E-state index in [1.165, 1.54) is 93.9 Å². The second-order valence-corrected chi connectivity index (χ2v) is 18.7. The molecular formula is C68H49N. The Kier molecular flexibility index (Phi) is 9.84. The lowest BCUT2D eigenvalue weighted by Crippen LogP contribution is -2.28. The summed E-state index contributed by atoms with van der Waals surface area (Å²) in [5, 5.41) is 5.06. The van der Waals surface area contributed by atoms with Crippen LogP contribution >= 0.6 is 0 Å². The summed E-state index contributed by atoms with van der Waals surface area (Å²) in [6, 6.07) is 92.5. The number of nitrogens with zero attached hydrogens (tertiary/aromatic N) is 1. The fourth-order valence-electron chi connectivity index (χ4n) is 11.9. The summed E-state index contributed by atoms with van der Waals surface area (Å²) in [5.41, 5.74) is 20.4. The summed E-state index contributed by atoms with van der Waals surface area (Å²) >= 11 is 0. The van der Waals surface area contributed by atoms with E-state index in [-0.39, 0.29) is 0 Å². The van der Waals surface area contributed by atoms with Gasteiger partial charge in [0.2, 0.25) is 0 Å². The minimum Gasteiger partial charge on any atom is -0.310 e. The molecule has 326 valence electrons. The van der Waals surface area contributed by atoms with Crippen LogP contribution in [0.3, 0.4) is 0 Å². The molecule has 1 heteroatoms. The van der Waals surface area contributed by atoms with E-state index in [1.807, 2.05) is 0 Å². The first-order valence-corrected chi connectivity index (χ1v) is 24.3. The summed E-state index contributed by atoms with van der Waals surface area (Å²) in [6.45, 7) is 2.34. The van der Waals surface area contributed by atoms with Crippen LogP contribution in [0.1, 0.15) is 52.6 Å². The van der Waals surface area contributed by atoms with Crippen LogP contribution in [0.15, 0.2) is 255 Å². The highest BCUT2D eigenvalue weighted by Crippen LogP contribution is 2.57. The molecular weight excluding hydrogens is 831 g/mol. The molecule has 2 aliphatic rings. The number of benzene rings is 11. The van der Waals surface area contributed by atoms with Crippen LogP contribution in [0.25, 0.3) is 72.1 Å². The third-order valence-corrected chi connectivity index (χ3v) is 15.0. The number of allylic oxidation sites excluding steroid dienone is 1. The van der Waals surface area contributed by atoms with Crippen LogP contribution in [-0.2, 0) is 5.41 Å². The largest absolute Gasteiger partial charge is 0.310 e. The highest BCUT2D eigenvalue weighted by Gasteiger charge is 2.46. The van der Waals surface area contributed by atoms with Gasteiger partial charge < -0.3 is 4.90 Å². The predicted octanol–water partition coefficient (Wildman–Crippen LogP) is 18.3. The molecule has 2 aliphatic carbocycles. The molecule has 0 bridgehead atoms. The maximum atomic E-state index is 2.49. The Bertz CT molecular complexity index is 3720. The molecule has 11 aromatic carbocycles. The lowest BCUT2D eigenvalue weighted by Gasteiger charge is -2.35. The monoisotopic (exact) mass is 879 g/mol. The molecule has 13 rings (SSSR count). The lowest BCUT2D eigenvalue weighted by atomic mass is 9.67. The third kappa shape index (κ3) is 6.53. The van der Waals surface area contributed by atoms with Crippen LogP contribution in [-0.4, -0.2) is 0 Å². The number of para-hydroxylation sites is 1. The molecule has 69 heavy (non-hydrogen) atoms. The minimum atomic E-state index is -0.541. The van der Waals surface area contributed by atoms with Crippen LogP contribution in [0.4, 0.5) is 17.1 Å². The molecule has 0 spiro atoms. The first-order valence-electron chi connectivity index (χ1n) is 24.3. The maximum Gasteiger partial charge on any atom is 0.0714 e. The molecule has 0 heterocycles. The van der Waals surface area contributed by atoms with Crippen LogP contribution in [0.2, 0.25) is 0 Å². The van der Waals surface area contributed by atoms with Gasteiger partial charge in [-0.15, -0.1) is 0 Å². The number of rotatable bonds is 8. The van der Waals surface area contributed by atoms with E-state index in [1.54, 1.807) is 0 Å². The zero-order chi connectivity index (χ0) is 45.9. The quantitative estimate of drug-likeness (QED) is 0.147. The van der Waals surface area contributed by atoms with Gasteiger partial charge in [0.05, 0.1) is 11.1 Å². The van der Waals surface area contributed by atoms with Gasteiger partial charge in [0, 0.05) is 16.9 Å². The van der Waals surface area contributed by atoms with Gasteiger partial charge >= 0.3 is 0 Å². The van der Waals surface area contributed by atoms with E-state index in [9.17, 15) is 0 Å². The highest BCUT2D eigenvalue weighted by molar-refractivity contribution is 6.09. The molecule has 0 radical (unpaired) electrons. The smallest absolute Gasteiger partial charge is 0.0714 e. The van der Waals surface area contributed by atoms with Gasteiger partial charge in [-0.1, -0.05) is 237 Å². The van der Waals surface area contributed by atoms with Crippen molar-refractivity contribution in [1.29, 1.82) is 0 Å². The normalized spacial score (nSPS) is 14.3. The van der Waals surface area contributed by atoms with E-state index >= 15 is 0 Å². The van der Waals surface area contributed by atoms with E-state index < -0.39 is 5.41 Å². The van der Waals surface area contributed by atoms with Crippen molar-refractivity contribution < 1.29 is 0 Å². The Labute approximate surface area is 404 Å². The van der Waals surface area contributed by atoms with Crippen molar-refractivity contribution in [3.8, 4) is 44.5 Å². The van der Waals surface area contributed by atoms with Gasteiger partial charge in [-0.3, -0.25) is 0 Å². The van der Waals surface area contributed by atoms with Crippen molar-refractivity contribution in [1.82, 2.24) is 0 Å². The molecule has 0 saturated carbocycles. The third-order valence-electron chi connectivity index (χ3n) is 15.0. The van der Waals surface area contributed by atoms with Crippen LogP contribution in [0, 0.1) is 0 Å². The standard InChI is InChI=1S/C68H49N/c1-46-19-14-33-57-54(46)43-44-59-55(31-18-34-58(57)59)48-39-41-52(42-40-48)69(66-38-13-10-30-62(66)63-35-16-23-49-22-15-32-56(67(49)63)47-20-4-2-5-21-47)53-27-17-26-51(45-53)68(50-24-6-3-7-25-50)64-36-11-8-28-60(64)61-29-9-12-37-65(61)68/h2-18,20-46H,19H2,1H3. The van der Waals surface area contributed by atoms with E-state index in [0.29, 0.717) is 5.92 Å². The first-order chi connectivity index (χ1) is 34.2. The molecule has 11 aromatic rings. The van der Waals surface area contributed by atoms with E-state index in [0.717, 1.165) is 29.0 Å². The summed E-state index contributed by atoms with van der Waals surface area (Å²) in [4.78, 5) is 2.49. The van der Waals surface area contributed by atoms with Gasteiger partial charge in [0.25, 0.3) is 0 Å². The van der Waals surface area contributed by atoms with Gasteiger partial charge in [0.15, 0.2) is 0 Å². The van der Waals surface area contributed by atoms with Gasteiger partial charge in [-0.25, -0.2) is 0 Å². The maximum absolute atomic E-state index is 2.49. The topological polar surface area (TPSA) is 3.24 Å². The van der Waals surface area contributed by atoms with Crippen molar-refractivity contribution in [2.24, 2.45) is 0 Å². The summed E-state index contributed by atoms with van der Waals surface area (Å²) in [6.07, 6.45) is 5.75. The first kappa shape index (κ1) is 40.7. The number of hydrogen-bond donors (Lipinski definition) is 0. The Balaban J connectivity index is 1.04. The zero-order valence-electron chi connectivity index (χ0n) is 38.6. The second kappa shape index (κ2) is 16.7. The molecule has 0 aliphatic heterocycles. The Morgan fingerprint density at radius 2 is 0.986 bits per heavy atom. The number of hydrogen-bond acceptors (Lipinski definition) is 1. The van der Waals surface area contributed by atoms with Crippen molar-refractivity contribution in [3.05, 3.63) is 288 Å². The molecule has 0 amide bonds. The van der Waals surface area contributed by atoms with Crippen molar-refractivity contribution >= 4 is 44.7 Å². The SMILES string of the molecule is CC1CC=Cc2c1ccc1c(-c3ccc(N(c4cccc(C5(c6ccccc6)c6ccccc6-c6ccccc65)c4)c4ccccc4-c4cccc5cccc(-c6ccccc6)c45)cc3)cccc21. The fourth-order valence-corrected chi connectivity index (χ4v) is 11.9. The molecule has 1 atom stereocenters. The Morgan fingerprint density at radius 1 is 0.406 bits per heavy atom.